The molecule has 96 valence electrons. The Bertz CT molecular complexity index is 554. The summed E-state index contributed by atoms with van der Waals surface area (Å²) < 4.78 is 11.4. The molecule has 0 atom stereocenters. The van der Waals surface area contributed by atoms with Crippen molar-refractivity contribution in [2.24, 2.45) is 5.73 Å². The Hall–Kier alpha value is -1.53. The maximum Gasteiger partial charge on any atom is 0.132 e. The number of hydrogen-bond acceptors (Lipinski definition) is 4. The molecule has 0 fully saturated rings. The van der Waals surface area contributed by atoms with E-state index in [1.54, 1.807) is 14.2 Å². The molecule has 3 N–H and O–H groups in total. The number of benzene rings is 1. The van der Waals surface area contributed by atoms with Crippen molar-refractivity contribution >= 4 is 15.9 Å². The summed E-state index contributed by atoms with van der Waals surface area (Å²) >= 11 is 3.49. The van der Waals surface area contributed by atoms with Crippen molar-refractivity contribution in [3.63, 3.8) is 0 Å². The number of methoxy groups -OCH3 is 2. The average molecular weight is 312 g/mol. The zero-order valence-electron chi connectivity index (χ0n) is 10.2. The fourth-order valence-electron chi connectivity index (χ4n) is 1.67. The van der Waals surface area contributed by atoms with Crippen molar-refractivity contribution in [2.45, 2.75) is 6.54 Å². The topological polar surface area (TPSA) is 73.2 Å². The minimum atomic E-state index is 0.395. The van der Waals surface area contributed by atoms with E-state index in [2.05, 4.69) is 26.1 Å². The summed E-state index contributed by atoms with van der Waals surface area (Å²) in [5.74, 6) is 1.44. The minimum Gasteiger partial charge on any atom is -0.497 e. The SMILES string of the molecule is COc1ccc(-c2n[nH]c(CN)c2Br)c(OC)c1. The molecular formula is C12H14BrN3O2. The Morgan fingerprint density at radius 2 is 2.11 bits per heavy atom. The second-order valence-electron chi connectivity index (χ2n) is 3.64. The quantitative estimate of drug-likeness (QED) is 0.908. The molecule has 0 saturated heterocycles. The van der Waals surface area contributed by atoms with Gasteiger partial charge in [-0.2, -0.15) is 5.10 Å². The van der Waals surface area contributed by atoms with Gasteiger partial charge in [-0.1, -0.05) is 0 Å². The zero-order valence-corrected chi connectivity index (χ0v) is 11.7. The first-order chi connectivity index (χ1) is 8.71. The van der Waals surface area contributed by atoms with Crippen LogP contribution in [0.4, 0.5) is 0 Å². The number of rotatable bonds is 4. The molecule has 1 aromatic heterocycles. The molecule has 0 spiro atoms. The van der Waals surface area contributed by atoms with Gasteiger partial charge in [0, 0.05) is 18.2 Å². The maximum absolute atomic E-state index is 5.61. The molecule has 18 heavy (non-hydrogen) atoms. The first kappa shape index (κ1) is 12.9. The van der Waals surface area contributed by atoms with Crippen molar-refractivity contribution in [1.29, 1.82) is 0 Å². The second kappa shape index (κ2) is 5.41. The lowest BCUT2D eigenvalue weighted by Crippen LogP contribution is -1.96. The summed E-state index contributed by atoms with van der Waals surface area (Å²) in [5.41, 5.74) is 8.10. The molecule has 0 aliphatic carbocycles. The van der Waals surface area contributed by atoms with Crippen molar-refractivity contribution in [2.75, 3.05) is 14.2 Å². The van der Waals surface area contributed by atoms with Gasteiger partial charge in [0.2, 0.25) is 0 Å². The van der Waals surface area contributed by atoms with E-state index in [4.69, 9.17) is 15.2 Å². The van der Waals surface area contributed by atoms with Crippen LogP contribution in [0.25, 0.3) is 11.3 Å². The number of nitrogens with two attached hydrogens (primary N) is 1. The lowest BCUT2D eigenvalue weighted by atomic mass is 10.1. The van der Waals surface area contributed by atoms with Gasteiger partial charge in [-0.15, -0.1) is 0 Å². The first-order valence-corrected chi connectivity index (χ1v) is 6.15. The van der Waals surface area contributed by atoms with Crippen LogP contribution in [0, 0.1) is 0 Å². The second-order valence-corrected chi connectivity index (χ2v) is 4.43. The average Bonchev–Trinajstić information content (AvgIpc) is 2.78. The van der Waals surface area contributed by atoms with Gasteiger partial charge in [0.1, 0.15) is 17.2 Å². The molecule has 2 rings (SSSR count). The molecule has 1 heterocycles. The fourth-order valence-corrected chi connectivity index (χ4v) is 2.23. The van der Waals surface area contributed by atoms with Crippen molar-refractivity contribution in [3.8, 4) is 22.8 Å². The van der Waals surface area contributed by atoms with E-state index in [1.165, 1.54) is 0 Å². The lowest BCUT2D eigenvalue weighted by Gasteiger charge is -2.08. The molecule has 0 saturated carbocycles. The highest BCUT2D eigenvalue weighted by Crippen LogP contribution is 2.36. The van der Waals surface area contributed by atoms with Gasteiger partial charge in [-0.25, -0.2) is 0 Å². The van der Waals surface area contributed by atoms with Crippen molar-refractivity contribution < 1.29 is 9.47 Å². The minimum absolute atomic E-state index is 0.395. The Morgan fingerprint density at radius 1 is 1.33 bits per heavy atom. The van der Waals surface area contributed by atoms with E-state index >= 15 is 0 Å². The number of halogens is 1. The fraction of sp³-hybridized carbons (Fsp3) is 0.250. The third kappa shape index (κ3) is 2.21. The van der Waals surface area contributed by atoms with E-state index in [9.17, 15) is 0 Å². The Morgan fingerprint density at radius 3 is 2.67 bits per heavy atom. The number of H-pyrrole nitrogens is 1. The smallest absolute Gasteiger partial charge is 0.132 e. The predicted molar refractivity (Wildman–Crippen MR) is 72.7 cm³/mol. The van der Waals surface area contributed by atoms with E-state index in [0.29, 0.717) is 12.3 Å². The summed E-state index contributed by atoms with van der Waals surface area (Å²) in [6, 6.07) is 5.58. The van der Waals surface area contributed by atoms with Crippen LogP contribution in [0.1, 0.15) is 5.69 Å². The van der Waals surface area contributed by atoms with Crippen LogP contribution < -0.4 is 15.2 Å². The van der Waals surface area contributed by atoms with Crippen LogP contribution in [-0.4, -0.2) is 24.4 Å². The molecule has 5 nitrogen and oxygen atoms in total. The zero-order chi connectivity index (χ0) is 13.1. The van der Waals surface area contributed by atoms with Crippen molar-refractivity contribution in [3.05, 3.63) is 28.4 Å². The lowest BCUT2D eigenvalue weighted by molar-refractivity contribution is 0.395. The van der Waals surface area contributed by atoms with Crippen LogP contribution >= 0.6 is 15.9 Å². The number of ether oxygens (including phenoxy) is 2. The molecule has 0 bridgehead atoms. The Kier molecular flexibility index (Phi) is 3.88. The highest BCUT2D eigenvalue weighted by atomic mass is 79.9. The van der Waals surface area contributed by atoms with Crippen LogP contribution in [0.5, 0.6) is 11.5 Å². The summed E-state index contributed by atoms with van der Waals surface area (Å²) in [5, 5.41) is 7.14. The van der Waals surface area contributed by atoms with Gasteiger partial charge in [0.25, 0.3) is 0 Å². The highest BCUT2D eigenvalue weighted by molar-refractivity contribution is 9.10. The van der Waals surface area contributed by atoms with Gasteiger partial charge in [-0.05, 0) is 28.1 Å². The molecule has 0 aliphatic heterocycles. The van der Waals surface area contributed by atoms with Crippen LogP contribution in [0.2, 0.25) is 0 Å². The molecule has 0 unspecified atom stereocenters. The Balaban J connectivity index is 2.52. The third-order valence-electron chi connectivity index (χ3n) is 2.64. The largest absolute Gasteiger partial charge is 0.497 e. The van der Waals surface area contributed by atoms with Gasteiger partial charge in [-0.3, -0.25) is 5.10 Å². The number of aromatic amines is 1. The Labute approximate surface area is 113 Å². The third-order valence-corrected chi connectivity index (χ3v) is 3.50. The predicted octanol–water partition coefficient (Wildman–Crippen LogP) is 2.32. The standard InChI is InChI=1S/C12H14BrN3O2/c1-17-7-3-4-8(10(5-7)18-2)12-11(13)9(6-14)15-16-12/h3-5H,6,14H2,1-2H3,(H,15,16). The number of hydrogen-bond donors (Lipinski definition) is 2. The van der Waals surface area contributed by atoms with Gasteiger partial charge < -0.3 is 15.2 Å². The molecule has 1 aromatic carbocycles. The summed E-state index contributed by atoms with van der Waals surface area (Å²) in [4.78, 5) is 0. The van der Waals surface area contributed by atoms with E-state index in [0.717, 1.165) is 27.2 Å². The number of nitrogens with one attached hydrogen (secondary N) is 1. The molecule has 2 aromatic rings. The summed E-state index contributed by atoms with van der Waals surface area (Å²) in [6.07, 6.45) is 0. The van der Waals surface area contributed by atoms with Gasteiger partial charge >= 0.3 is 0 Å². The van der Waals surface area contributed by atoms with Crippen LogP contribution in [0.3, 0.4) is 0 Å². The maximum atomic E-state index is 5.61. The van der Waals surface area contributed by atoms with Crippen LogP contribution in [-0.2, 0) is 6.54 Å². The summed E-state index contributed by atoms with van der Waals surface area (Å²) in [6.45, 7) is 0.395. The van der Waals surface area contributed by atoms with E-state index in [-0.39, 0.29) is 0 Å². The van der Waals surface area contributed by atoms with Crippen molar-refractivity contribution in [1.82, 2.24) is 10.2 Å². The number of aromatic nitrogens is 2. The van der Waals surface area contributed by atoms with Crippen LogP contribution in [0.15, 0.2) is 22.7 Å². The molecule has 0 aliphatic rings. The van der Waals surface area contributed by atoms with Gasteiger partial charge in [0.05, 0.1) is 24.4 Å². The molecule has 0 amide bonds. The summed E-state index contributed by atoms with van der Waals surface area (Å²) in [7, 11) is 3.23. The van der Waals surface area contributed by atoms with E-state index in [1.807, 2.05) is 18.2 Å². The van der Waals surface area contributed by atoms with E-state index < -0.39 is 0 Å². The molecule has 0 radical (unpaired) electrons. The molecular weight excluding hydrogens is 298 g/mol. The normalized spacial score (nSPS) is 10.4. The van der Waals surface area contributed by atoms with Gasteiger partial charge in [0.15, 0.2) is 0 Å². The number of nitrogens with zero attached hydrogens (tertiary/aromatic N) is 1. The first-order valence-electron chi connectivity index (χ1n) is 5.36. The highest BCUT2D eigenvalue weighted by Gasteiger charge is 2.15. The molecule has 6 heteroatoms. The monoisotopic (exact) mass is 311 g/mol.